The van der Waals surface area contributed by atoms with Gasteiger partial charge in [0, 0.05) is 17.7 Å². The lowest BCUT2D eigenvalue weighted by atomic mass is 10.0. The SMILES string of the molecule is CCCCNC(C)c1ccc(C)c([N+](=O)[O-])c1. The summed E-state index contributed by atoms with van der Waals surface area (Å²) in [5.74, 6) is 0. The second-order valence-electron chi connectivity index (χ2n) is 4.33. The standard InChI is InChI=1S/C13H20N2O2/c1-4-5-8-14-11(3)12-7-6-10(2)13(9-12)15(16)17/h6-7,9,11,14H,4-5,8H2,1-3H3. The van der Waals surface area contributed by atoms with Crippen molar-refractivity contribution in [3.8, 4) is 0 Å². The fourth-order valence-corrected chi connectivity index (χ4v) is 1.71. The molecule has 0 amide bonds. The monoisotopic (exact) mass is 236 g/mol. The van der Waals surface area contributed by atoms with Crippen molar-refractivity contribution in [3.63, 3.8) is 0 Å². The molecular weight excluding hydrogens is 216 g/mol. The Balaban J connectivity index is 2.77. The maximum Gasteiger partial charge on any atom is 0.272 e. The lowest BCUT2D eigenvalue weighted by molar-refractivity contribution is -0.385. The summed E-state index contributed by atoms with van der Waals surface area (Å²) in [5, 5.41) is 14.2. The van der Waals surface area contributed by atoms with Gasteiger partial charge >= 0.3 is 0 Å². The Bertz CT molecular complexity index is 391. The van der Waals surface area contributed by atoms with E-state index in [4.69, 9.17) is 0 Å². The average Bonchev–Trinajstić information content (AvgIpc) is 2.29. The van der Waals surface area contributed by atoms with E-state index in [1.807, 2.05) is 19.1 Å². The Morgan fingerprint density at radius 3 is 2.76 bits per heavy atom. The first-order valence-corrected chi connectivity index (χ1v) is 6.04. The molecule has 4 nitrogen and oxygen atoms in total. The van der Waals surface area contributed by atoms with Crippen molar-refractivity contribution < 1.29 is 4.92 Å². The largest absolute Gasteiger partial charge is 0.310 e. The Morgan fingerprint density at radius 2 is 2.18 bits per heavy atom. The van der Waals surface area contributed by atoms with Crippen molar-refractivity contribution in [1.29, 1.82) is 0 Å². The van der Waals surface area contributed by atoms with Crippen LogP contribution in [0.2, 0.25) is 0 Å². The van der Waals surface area contributed by atoms with Crippen LogP contribution in [0.5, 0.6) is 0 Å². The van der Waals surface area contributed by atoms with Gasteiger partial charge < -0.3 is 5.32 Å². The minimum atomic E-state index is -0.322. The summed E-state index contributed by atoms with van der Waals surface area (Å²) in [5.41, 5.74) is 1.88. The van der Waals surface area contributed by atoms with Gasteiger partial charge in [0.05, 0.1) is 4.92 Å². The molecule has 0 heterocycles. The fourth-order valence-electron chi connectivity index (χ4n) is 1.71. The van der Waals surface area contributed by atoms with E-state index < -0.39 is 0 Å². The summed E-state index contributed by atoms with van der Waals surface area (Å²) in [4.78, 5) is 10.5. The van der Waals surface area contributed by atoms with Crippen LogP contribution in [0, 0.1) is 17.0 Å². The molecule has 94 valence electrons. The molecule has 1 unspecified atom stereocenters. The Kier molecular flexibility index (Phi) is 5.10. The van der Waals surface area contributed by atoms with E-state index in [9.17, 15) is 10.1 Å². The van der Waals surface area contributed by atoms with Crippen LogP contribution in [0.25, 0.3) is 0 Å². The molecule has 0 aromatic heterocycles. The molecule has 0 saturated heterocycles. The molecule has 1 atom stereocenters. The zero-order valence-corrected chi connectivity index (χ0v) is 10.7. The van der Waals surface area contributed by atoms with Gasteiger partial charge in [-0.2, -0.15) is 0 Å². The fraction of sp³-hybridized carbons (Fsp3) is 0.538. The molecule has 0 radical (unpaired) electrons. The molecule has 17 heavy (non-hydrogen) atoms. The zero-order valence-electron chi connectivity index (χ0n) is 10.7. The molecular formula is C13H20N2O2. The van der Waals surface area contributed by atoms with Crippen LogP contribution < -0.4 is 5.32 Å². The van der Waals surface area contributed by atoms with Crippen molar-refractivity contribution in [2.45, 2.75) is 39.7 Å². The van der Waals surface area contributed by atoms with Crippen molar-refractivity contribution in [2.75, 3.05) is 6.54 Å². The number of nitrogens with zero attached hydrogens (tertiary/aromatic N) is 1. The van der Waals surface area contributed by atoms with Crippen LogP contribution >= 0.6 is 0 Å². The molecule has 0 aliphatic carbocycles. The molecule has 0 aliphatic heterocycles. The number of hydrogen-bond acceptors (Lipinski definition) is 3. The number of unbranched alkanes of at least 4 members (excludes halogenated alkanes) is 1. The van der Waals surface area contributed by atoms with Gasteiger partial charge in [-0.25, -0.2) is 0 Å². The topological polar surface area (TPSA) is 55.2 Å². The van der Waals surface area contributed by atoms with Crippen LogP contribution in [-0.4, -0.2) is 11.5 Å². The minimum Gasteiger partial charge on any atom is -0.310 e. The number of benzene rings is 1. The maximum absolute atomic E-state index is 10.8. The summed E-state index contributed by atoms with van der Waals surface area (Å²) in [7, 11) is 0. The van der Waals surface area contributed by atoms with Gasteiger partial charge in [-0.15, -0.1) is 0 Å². The average molecular weight is 236 g/mol. The van der Waals surface area contributed by atoms with E-state index in [1.54, 1.807) is 13.0 Å². The van der Waals surface area contributed by atoms with Gasteiger partial charge in [0.2, 0.25) is 0 Å². The summed E-state index contributed by atoms with van der Waals surface area (Å²) in [6.45, 7) is 6.88. The molecule has 1 rings (SSSR count). The van der Waals surface area contributed by atoms with Crippen LogP contribution in [0.15, 0.2) is 18.2 Å². The highest BCUT2D eigenvalue weighted by Gasteiger charge is 2.13. The maximum atomic E-state index is 10.8. The highest BCUT2D eigenvalue weighted by Crippen LogP contribution is 2.23. The van der Waals surface area contributed by atoms with Crippen LogP contribution in [0.4, 0.5) is 5.69 Å². The van der Waals surface area contributed by atoms with Crippen molar-refractivity contribution >= 4 is 5.69 Å². The van der Waals surface area contributed by atoms with Crippen molar-refractivity contribution in [3.05, 3.63) is 39.4 Å². The normalized spacial score (nSPS) is 12.4. The third kappa shape index (κ3) is 3.82. The predicted molar refractivity (Wildman–Crippen MR) is 69.2 cm³/mol. The summed E-state index contributed by atoms with van der Waals surface area (Å²) in [6, 6.07) is 5.58. The molecule has 1 aromatic carbocycles. The third-order valence-corrected chi connectivity index (χ3v) is 2.91. The van der Waals surface area contributed by atoms with E-state index in [1.165, 1.54) is 0 Å². The molecule has 0 saturated carbocycles. The number of hydrogen-bond donors (Lipinski definition) is 1. The summed E-state index contributed by atoms with van der Waals surface area (Å²) < 4.78 is 0. The predicted octanol–water partition coefficient (Wildman–Crippen LogP) is 3.35. The molecule has 0 bridgehead atoms. The summed E-state index contributed by atoms with van der Waals surface area (Å²) in [6.07, 6.45) is 2.27. The minimum absolute atomic E-state index is 0.154. The van der Waals surface area contributed by atoms with Gasteiger partial charge in [-0.1, -0.05) is 25.5 Å². The highest BCUT2D eigenvalue weighted by molar-refractivity contribution is 5.43. The van der Waals surface area contributed by atoms with E-state index >= 15 is 0 Å². The van der Waals surface area contributed by atoms with E-state index in [0.29, 0.717) is 5.56 Å². The lowest BCUT2D eigenvalue weighted by Crippen LogP contribution is -2.19. The molecule has 4 heteroatoms. The van der Waals surface area contributed by atoms with Crippen LogP contribution in [0.1, 0.15) is 43.9 Å². The highest BCUT2D eigenvalue weighted by atomic mass is 16.6. The second-order valence-corrected chi connectivity index (χ2v) is 4.33. The van der Waals surface area contributed by atoms with Gasteiger partial charge in [-0.3, -0.25) is 10.1 Å². The van der Waals surface area contributed by atoms with Crippen LogP contribution in [0.3, 0.4) is 0 Å². The number of nitrogens with one attached hydrogen (secondary N) is 1. The van der Waals surface area contributed by atoms with E-state index in [0.717, 1.165) is 24.9 Å². The first-order valence-electron chi connectivity index (χ1n) is 6.04. The molecule has 0 aliphatic rings. The van der Waals surface area contributed by atoms with Gasteiger partial charge in [0.1, 0.15) is 0 Å². The number of aryl methyl sites for hydroxylation is 1. The number of rotatable bonds is 6. The Hall–Kier alpha value is -1.42. The van der Waals surface area contributed by atoms with Crippen molar-refractivity contribution in [1.82, 2.24) is 5.32 Å². The Labute approximate surface area is 102 Å². The van der Waals surface area contributed by atoms with E-state index in [-0.39, 0.29) is 16.7 Å². The first-order chi connectivity index (χ1) is 8.06. The lowest BCUT2D eigenvalue weighted by Gasteiger charge is -2.14. The molecule has 0 fully saturated rings. The number of nitro groups is 1. The Morgan fingerprint density at radius 1 is 1.47 bits per heavy atom. The number of nitro benzene ring substituents is 1. The van der Waals surface area contributed by atoms with Crippen LogP contribution in [-0.2, 0) is 0 Å². The zero-order chi connectivity index (χ0) is 12.8. The molecule has 0 spiro atoms. The van der Waals surface area contributed by atoms with Crippen molar-refractivity contribution in [2.24, 2.45) is 0 Å². The van der Waals surface area contributed by atoms with E-state index in [2.05, 4.69) is 12.2 Å². The molecule has 1 aromatic rings. The second kappa shape index (κ2) is 6.35. The van der Waals surface area contributed by atoms with Gasteiger partial charge in [0.25, 0.3) is 5.69 Å². The smallest absolute Gasteiger partial charge is 0.272 e. The quantitative estimate of drug-likeness (QED) is 0.468. The van der Waals surface area contributed by atoms with Gasteiger partial charge in [0.15, 0.2) is 0 Å². The van der Waals surface area contributed by atoms with Gasteiger partial charge in [-0.05, 0) is 32.4 Å². The molecule has 1 N–H and O–H groups in total. The first kappa shape index (κ1) is 13.6. The summed E-state index contributed by atoms with van der Waals surface area (Å²) >= 11 is 0. The third-order valence-electron chi connectivity index (χ3n) is 2.91.